The van der Waals surface area contributed by atoms with Gasteiger partial charge in [-0.05, 0) is 24.5 Å². The number of aryl methyl sites for hydroxylation is 1. The van der Waals surface area contributed by atoms with Gasteiger partial charge in [-0.15, -0.1) is 0 Å². The van der Waals surface area contributed by atoms with Gasteiger partial charge in [-0.2, -0.15) is 0 Å². The number of carbonyl (C=O) groups excluding carboxylic acids is 2. The van der Waals surface area contributed by atoms with Crippen molar-refractivity contribution in [2.45, 2.75) is 47.1 Å². The SMILES string of the molecule is CCCCN(CC(=O)N(Cc1cccn1C)CC(C)C)C(C)=O. The third-order valence-corrected chi connectivity index (χ3v) is 3.90. The van der Waals surface area contributed by atoms with Crippen LogP contribution < -0.4 is 0 Å². The van der Waals surface area contributed by atoms with E-state index in [1.807, 2.05) is 34.8 Å². The van der Waals surface area contributed by atoms with Gasteiger partial charge in [0.05, 0.1) is 13.1 Å². The molecule has 2 amide bonds. The number of hydrogen-bond donors (Lipinski definition) is 0. The molecule has 130 valence electrons. The van der Waals surface area contributed by atoms with Crippen LogP contribution in [0.15, 0.2) is 18.3 Å². The Morgan fingerprint density at radius 1 is 1.26 bits per heavy atom. The van der Waals surface area contributed by atoms with Crippen LogP contribution in [0.25, 0.3) is 0 Å². The van der Waals surface area contributed by atoms with E-state index in [-0.39, 0.29) is 18.4 Å². The van der Waals surface area contributed by atoms with Crippen molar-refractivity contribution in [2.75, 3.05) is 19.6 Å². The summed E-state index contributed by atoms with van der Waals surface area (Å²) in [6, 6.07) is 4.01. The molecule has 0 radical (unpaired) electrons. The molecule has 5 heteroatoms. The van der Waals surface area contributed by atoms with E-state index in [1.54, 1.807) is 4.90 Å². The first-order chi connectivity index (χ1) is 10.8. The molecule has 0 N–H and O–H groups in total. The Labute approximate surface area is 140 Å². The van der Waals surface area contributed by atoms with Crippen LogP contribution in [0.2, 0.25) is 0 Å². The van der Waals surface area contributed by atoms with Gasteiger partial charge in [0.25, 0.3) is 0 Å². The van der Waals surface area contributed by atoms with Crippen molar-refractivity contribution in [1.29, 1.82) is 0 Å². The fourth-order valence-electron chi connectivity index (χ4n) is 2.51. The zero-order chi connectivity index (χ0) is 17.4. The number of rotatable bonds is 9. The van der Waals surface area contributed by atoms with Crippen molar-refractivity contribution in [3.05, 3.63) is 24.0 Å². The van der Waals surface area contributed by atoms with Crippen LogP contribution in [0.5, 0.6) is 0 Å². The first-order valence-corrected chi connectivity index (χ1v) is 8.48. The highest BCUT2D eigenvalue weighted by molar-refractivity contribution is 5.83. The summed E-state index contributed by atoms with van der Waals surface area (Å²) in [5.74, 6) is 0.377. The number of amides is 2. The van der Waals surface area contributed by atoms with Crippen LogP contribution in [0.1, 0.15) is 46.2 Å². The second-order valence-electron chi connectivity index (χ2n) is 6.57. The van der Waals surface area contributed by atoms with Gasteiger partial charge in [-0.1, -0.05) is 27.2 Å². The molecule has 1 aromatic rings. The zero-order valence-electron chi connectivity index (χ0n) is 15.2. The average Bonchev–Trinajstić information content (AvgIpc) is 2.87. The molecule has 0 saturated carbocycles. The molecule has 0 bridgehead atoms. The van der Waals surface area contributed by atoms with E-state index in [1.165, 1.54) is 6.92 Å². The van der Waals surface area contributed by atoms with Crippen LogP contribution in [-0.2, 0) is 23.2 Å². The fraction of sp³-hybridized carbons (Fsp3) is 0.667. The minimum atomic E-state index is -0.0323. The normalized spacial score (nSPS) is 10.9. The number of aromatic nitrogens is 1. The van der Waals surface area contributed by atoms with Crippen LogP contribution in [-0.4, -0.2) is 45.8 Å². The predicted molar refractivity (Wildman–Crippen MR) is 92.8 cm³/mol. The molecule has 0 aliphatic heterocycles. The highest BCUT2D eigenvalue weighted by Gasteiger charge is 2.20. The van der Waals surface area contributed by atoms with E-state index in [4.69, 9.17) is 0 Å². The molecule has 5 nitrogen and oxygen atoms in total. The van der Waals surface area contributed by atoms with Gasteiger partial charge >= 0.3 is 0 Å². The lowest BCUT2D eigenvalue weighted by molar-refractivity contribution is -0.140. The van der Waals surface area contributed by atoms with Crippen molar-refractivity contribution < 1.29 is 9.59 Å². The molecular weight excluding hydrogens is 290 g/mol. The Morgan fingerprint density at radius 3 is 2.43 bits per heavy atom. The molecule has 0 unspecified atom stereocenters. The summed E-state index contributed by atoms with van der Waals surface area (Å²) in [7, 11) is 1.98. The van der Waals surface area contributed by atoms with E-state index >= 15 is 0 Å². The van der Waals surface area contributed by atoms with E-state index in [9.17, 15) is 9.59 Å². The van der Waals surface area contributed by atoms with Gasteiger partial charge in [-0.3, -0.25) is 9.59 Å². The molecule has 0 atom stereocenters. The monoisotopic (exact) mass is 321 g/mol. The van der Waals surface area contributed by atoms with Crippen molar-refractivity contribution in [1.82, 2.24) is 14.4 Å². The van der Waals surface area contributed by atoms with Gasteiger partial charge in [0.15, 0.2) is 0 Å². The zero-order valence-corrected chi connectivity index (χ0v) is 15.2. The Hall–Kier alpha value is -1.78. The lowest BCUT2D eigenvalue weighted by atomic mass is 10.2. The van der Waals surface area contributed by atoms with Crippen LogP contribution in [0.4, 0.5) is 0 Å². The smallest absolute Gasteiger partial charge is 0.242 e. The minimum Gasteiger partial charge on any atom is -0.353 e. The van der Waals surface area contributed by atoms with E-state index in [0.29, 0.717) is 25.6 Å². The summed E-state index contributed by atoms with van der Waals surface area (Å²) in [6.07, 6.45) is 3.92. The van der Waals surface area contributed by atoms with Crippen molar-refractivity contribution in [3.63, 3.8) is 0 Å². The molecule has 1 rings (SSSR count). The van der Waals surface area contributed by atoms with Gasteiger partial charge in [-0.25, -0.2) is 0 Å². The summed E-state index contributed by atoms with van der Waals surface area (Å²) >= 11 is 0. The lowest BCUT2D eigenvalue weighted by Gasteiger charge is -2.28. The summed E-state index contributed by atoms with van der Waals surface area (Å²) < 4.78 is 2.03. The van der Waals surface area contributed by atoms with Crippen molar-refractivity contribution >= 4 is 11.8 Å². The van der Waals surface area contributed by atoms with Crippen LogP contribution in [0.3, 0.4) is 0 Å². The van der Waals surface area contributed by atoms with Gasteiger partial charge < -0.3 is 14.4 Å². The topological polar surface area (TPSA) is 45.6 Å². The Morgan fingerprint density at radius 2 is 1.96 bits per heavy atom. The second-order valence-corrected chi connectivity index (χ2v) is 6.57. The summed E-state index contributed by atoms with van der Waals surface area (Å²) in [4.78, 5) is 28.0. The Balaban J connectivity index is 2.77. The molecule has 0 aliphatic rings. The van der Waals surface area contributed by atoms with Gasteiger partial charge in [0, 0.05) is 39.0 Å². The third kappa shape index (κ3) is 6.47. The van der Waals surface area contributed by atoms with Crippen LogP contribution in [0, 0.1) is 5.92 Å². The highest BCUT2D eigenvalue weighted by atomic mass is 16.2. The molecule has 0 aliphatic carbocycles. The minimum absolute atomic E-state index is 0.0196. The maximum Gasteiger partial charge on any atom is 0.242 e. The number of hydrogen-bond acceptors (Lipinski definition) is 2. The van der Waals surface area contributed by atoms with E-state index in [0.717, 1.165) is 18.5 Å². The first-order valence-electron chi connectivity index (χ1n) is 8.48. The molecule has 1 aromatic heterocycles. The lowest BCUT2D eigenvalue weighted by Crippen LogP contribution is -2.43. The molecule has 0 spiro atoms. The fourth-order valence-corrected chi connectivity index (χ4v) is 2.51. The summed E-state index contributed by atoms with van der Waals surface area (Å²) in [6.45, 7) is 9.93. The summed E-state index contributed by atoms with van der Waals surface area (Å²) in [5, 5.41) is 0. The largest absolute Gasteiger partial charge is 0.353 e. The van der Waals surface area contributed by atoms with Gasteiger partial charge in [0.1, 0.15) is 0 Å². The second kappa shape index (κ2) is 9.38. The number of carbonyl (C=O) groups is 2. The van der Waals surface area contributed by atoms with E-state index < -0.39 is 0 Å². The van der Waals surface area contributed by atoms with E-state index in [2.05, 4.69) is 20.8 Å². The van der Waals surface area contributed by atoms with Gasteiger partial charge in [0.2, 0.25) is 11.8 Å². The maximum absolute atomic E-state index is 12.7. The molecule has 0 aromatic carbocycles. The predicted octanol–water partition coefficient (Wildman–Crippen LogP) is 2.66. The molecule has 1 heterocycles. The highest BCUT2D eigenvalue weighted by Crippen LogP contribution is 2.09. The third-order valence-electron chi connectivity index (χ3n) is 3.90. The maximum atomic E-state index is 12.7. The molecular formula is C18H31N3O2. The molecule has 23 heavy (non-hydrogen) atoms. The van der Waals surface area contributed by atoms with Crippen molar-refractivity contribution in [2.24, 2.45) is 13.0 Å². The van der Waals surface area contributed by atoms with Crippen LogP contribution >= 0.6 is 0 Å². The number of unbranched alkanes of at least 4 members (excludes halogenated alkanes) is 1. The standard InChI is InChI=1S/C18H31N3O2/c1-6-7-11-20(16(4)22)14-18(23)21(12-15(2)3)13-17-9-8-10-19(17)5/h8-10,15H,6-7,11-14H2,1-5H3. The first kappa shape index (κ1) is 19.3. The summed E-state index contributed by atoms with van der Waals surface area (Å²) in [5.41, 5.74) is 1.10. The Bertz CT molecular complexity index is 508. The molecule has 0 saturated heterocycles. The van der Waals surface area contributed by atoms with Crippen molar-refractivity contribution in [3.8, 4) is 0 Å². The molecule has 0 fully saturated rings. The Kier molecular flexibility index (Phi) is 7.86. The average molecular weight is 321 g/mol. The quantitative estimate of drug-likeness (QED) is 0.702. The number of nitrogens with zero attached hydrogens (tertiary/aromatic N) is 3.